The highest BCUT2D eigenvalue weighted by Gasteiger charge is 2.28. The minimum absolute atomic E-state index is 0.0838. The van der Waals surface area contributed by atoms with Crippen LogP contribution in [0.15, 0.2) is 36.4 Å². The molecule has 0 aliphatic heterocycles. The average Bonchev–Trinajstić information content (AvgIpc) is 2.85. The standard InChI is InChI=1S/C23H32O2.C17H26O3/c1-14-9-11-18(24)16(20(14)22(3,4)5)13-17-19(25)12-10-15(2)21(17)23(6,7)8;1-16(2,3)12-9-11(7-8-14(18)19)10-13(15(12)20)17(4,5)6/h9-12,24-25H,13H2,1-8H3;9-10,20H,7-8H2,1-6H3,(H,18,19). The van der Waals surface area contributed by atoms with Crippen molar-refractivity contribution in [3.8, 4) is 17.2 Å². The predicted octanol–water partition coefficient (Wildman–Crippen LogP) is 9.90. The van der Waals surface area contributed by atoms with Gasteiger partial charge in [-0.15, -0.1) is 0 Å². The first-order valence-electron chi connectivity index (χ1n) is 16.0. The van der Waals surface area contributed by atoms with Gasteiger partial charge in [0.15, 0.2) is 0 Å². The molecule has 0 radical (unpaired) electrons. The number of aryl methyl sites for hydroxylation is 3. The summed E-state index contributed by atoms with van der Waals surface area (Å²) in [5, 5.41) is 40.6. The SMILES string of the molecule is CC(C)(C)c1cc(CCC(=O)O)cc(C(C)(C)C)c1O.Cc1ccc(O)c(Cc2c(O)ccc(C)c2C(C)(C)C)c1C(C)(C)C. The van der Waals surface area contributed by atoms with Crippen molar-refractivity contribution in [1.82, 2.24) is 0 Å². The van der Waals surface area contributed by atoms with Crippen LogP contribution in [0.3, 0.4) is 0 Å². The van der Waals surface area contributed by atoms with E-state index in [0.717, 1.165) is 38.9 Å². The van der Waals surface area contributed by atoms with Crippen LogP contribution in [0.2, 0.25) is 0 Å². The molecule has 0 spiro atoms. The maximum Gasteiger partial charge on any atom is 0.303 e. The molecule has 0 fully saturated rings. The summed E-state index contributed by atoms with van der Waals surface area (Å²) in [5.74, 6) is 0.143. The summed E-state index contributed by atoms with van der Waals surface area (Å²) < 4.78 is 0. The first kappa shape index (κ1) is 37.7. The van der Waals surface area contributed by atoms with Gasteiger partial charge in [-0.05, 0) is 93.0 Å². The number of carboxylic acids is 1. The molecule has 3 aromatic carbocycles. The first-order valence-corrected chi connectivity index (χ1v) is 16.0. The molecule has 0 unspecified atom stereocenters. The van der Waals surface area contributed by atoms with Gasteiger partial charge in [0, 0.05) is 24.0 Å². The van der Waals surface area contributed by atoms with Gasteiger partial charge >= 0.3 is 5.97 Å². The molecule has 0 aromatic heterocycles. The lowest BCUT2D eigenvalue weighted by atomic mass is 9.76. The van der Waals surface area contributed by atoms with Crippen LogP contribution < -0.4 is 0 Å². The second kappa shape index (κ2) is 13.5. The Morgan fingerprint density at radius 3 is 1.24 bits per heavy atom. The smallest absolute Gasteiger partial charge is 0.303 e. The van der Waals surface area contributed by atoms with Crippen LogP contribution >= 0.6 is 0 Å². The Balaban J connectivity index is 0.000000322. The minimum atomic E-state index is -0.798. The van der Waals surface area contributed by atoms with E-state index in [4.69, 9.17) is 5.11 Å². The van der Waals surface area contributed by atoms with Gasteiger partial charge in [-0.2, -0.15) is 0 Å². The molecule has 248 valence electrons. The number of phenolic OH excluding ortho intramolecular Hbond substituents is 3. The molecule has 0 saturated carbocycles. The van der Waals surface area contributed by atoms with Crippen LogP contribution in [0.1, 0.15) is 140 Å². The van der Waals surface area contributed by atoms with E-state index in [9.17, 15) is 20.1 Å². The van der Waals surface area contributed by atoms with E-state index in [1.165, 1.54) is 11.1 Å². The van der Waals surface area contributed by atoms with E-state index in [-0.39, 0.29) is 28.1 Å². The molecule has 5 heteroatoms. The van der Waals surface area contributed by atoms with E-state index in [0.29, 0.717) is 30.1 Å². The molecule has 0 heterocycles. The summed E-state index contributed by atoms with van der Waals surface area (Å²) in [6, 6.07) is 11.4. The number of rotatable bonds is 5. The fraction of sp³-hybridized carbons (Fsp3) is 0.525. The van der Waals surface area contributed by atoms with Gasteiger partial charge in [0.05, 0.1) is 0 Å². The number of aromatic hydroxyl groups is 3. The van der Waals surface area contributed by atoms with Gasteiger partial charge in [0.1, 0.15) is 17.2 Å². The first-order chi connectivity index (χ1) is 20.3. The molecule has 0 aliphatic carbocycles. The third-order valence-electron chi connectivity index (χ3n) is 8.26. The highest BCUT2D eigenvalue weighted by molar-refractivity contribution is 5.67. The average molecular weight is 619 g/mol. The van der Waals surface area contributed by atoms with Gasteiger partial charge in [-0.1, -0.05) is 107 Å². The molecule has 0 saturated heterocycles. The van der Waals surface area contributed by atoms with Crippen molar-refractivity contribution in [2.24, 2.45) is 0 Å². The lowest BCUT2D eigenvalue weighted by Crippen LogP contribution is -2.19. The molecule has 5 nitrogen and oxygen atoms in total. The molecule has 0 atom stereocenters. The quantitative estimate of drug-likeness (QED) is 0.228. The molecular formula is C40H58O5. The summed E-state index contributed by atoms with van der Waals surface area (Å²) in [4.78, 5) is 10.8. The number of hydrogen-bond acceptors (Lipinski definition) is 4. The summed E-state index contributed by atoms with van der Waals surface area (Å²) in [6.45, 7) is 29.5. The molecular weight excluding hydrogens is 560 g/mol. The van der Waals surface area contributed by atoms with Gasteiger partial charge < -0.3 is 20.4 Å². The van der Waals surface area contributed by atoms with Crippen molar-refractivity contribution < 1.29 is 25.2 Å². The predicted molar refractivity (Wildman–Crippen MR) is 187 cm³/mol. The van der Waals surface area contributed by atoms with Crippen LogP contribution in [0.4, 0.5) is 0 Å². The van der Waals surface area contributed by atoms with Crippen LogP contribution in [0.25, 0.3) is 0 Å². The summed E-state index contributed by atoms with van der Waals surface area (Å²) in [6.07, 6.45) is 1.12. The summed E-state index contributed by atoms with van der Waals surface area (Å²) >= 11 is 0. The lowest BCUT2D eigenvalue weighted by molar-refractivity contribution is -0.136. The number of phenols is 3. The Morgan fingerprint density at radius 1 is 0.600 bits per heavy atom. The van der Waals surface area contributed by atoms with E-state index >= 15 is 0 Å². The summed E-state index contributed by atoms with van der Waals surface area (Å²) in [5.41, 5.74) is 8.70. The summed E-state index contributed by atoms with van der Waals surface area (Å²) in [7, 11) is 0. The Kier molecular flexibility index (Phi) is 11.3. The third kappa shape index (κ3) is 9.51. The zero-order chi connectivity index (χ0) is 34.9. The highest BCUT2D eigenvalue weighted by Crippen LogP contribution is 2.42. The second-order valence-corrected chi connectivity index (χ2v) is 16.6. The molecule has 3 rings (SSSR count). The van der Waals surface area contributed by atoms with Crippen molar-refractivity contribution in [3.05, 3.63) is 86.5 Å². The molecule has 4 N–H and O–H groups in total. The minimum Gasteiger partial charge on any atom is -0.508 e. The Hall–Kier alpha value is -3.47. The van der Waals surface area contributed by atoms with Crippen LogP contribution in [-0.4, -0.2) is 26.4 Å². The van der Waals surface area contributed by atoms with Crippen molar-refractivity contribution in [1.29, 1.82) is 0 Å². The van der Waals surface area contributed by atoms with Gasteiger partial charge in [0.2, 0.25) is 0 Å². The van der Waals surface area contributed by atoms with Gasteiger partial charge in [0.25, 0.3) is 0 Å². The fourth-order valence-electron chi connectivity index (χ4n) is 6.36. The fourth-order valence-corrected chi connectivity index (χ4v) is 6.36. The lowest BCUT2D eigenvalue weighted by Gasteiger charge is -2.29. The topological polar surface area (TPSA) is 98.0 Å². The molecule has 0 bridgehead atoms. The highest BCUT2D eigenvalue weighted by atomic mass is 16.4. The van der Waals surface area contributed by atoms with Crippen molar-refractivity contribution >= 4 is 5.97 Å². The van der Waals surface area contributed by atoms with Crippen molar-refractivity contribution in [2.75, 3.05) is 0 Å². The van der Waals surface area contributed by atoms with Crippen LogP contribution in [0, 0.1) is 13.8 Å². The van der Waals surface area contributed by atoms with E-state index in [2.05, 4.69) is 96.9 Å². The number of aliphatic carboxylic acids is 1. The van der Waals surface area contributed by atoms with E-state index < -0.39 is 5.97 Å². The molecule has 3 aromatic rings. The van der Waals surface area contributed by atoms with Crippen molar-refractivity contribution in [2.45, 2.75) is 138 Å². The third-order valence-corrected chi connectivity index (χ3v) is 8.26. The number of carbonyl (C=O) groups is 1. The largest absolute Gasteiger partial charge is 0.508 e. The van der Waals surface area contributed by atoms with E-state index in [1.54, 1.807) is 12.1 Å². The van der Waals surface area contributed by atoms with E-state index in [1.807, 2.05) is 24.3 Å². The number of benzene rings is 3. The van der Waals surface area contributed by atoms with Gasteiger partial charge in [-0.3, -0.25) is 4.79 Å². The zero-order valence-corrected chi connectivity index (χ0v) is 30.3. The maximum atomic E-state index is 10.8. The second-order valence-electron chi connectivity index (χ2n) is 16.6. The molecule has 0 amide bonds. The van der Waals surface area contributed by atoms with Crippen LogP contribution in [0.5, 0.6) is 17.2 Å². The monoisotopic (exact) mass is 618 g/mol. The number of hydrogen-bond donors (Lipinski definition) is 4. The Labute approximate surface area is 272 Å². The van der Waals surface area contributed by atoms with Crippen molar-refractivity contribution in [3.63, 3.8) is 0 Å². The Bertz CT molecular complexity index is 1410. The zero-order valence-electron chi connectivity index (χ0n) is 30.3. The molecule has 45 heavy (non-hydrogen) atoms. The molecule has 0 aliphatic rings. The normalized spacial score (nSPS) is 12.5. The number of carboxylic acid groups (broad SMARTS) is 1. The maximum absolute atomic E-state index is 10.8. The van der Waals surface area contributed by atoms with Gasteiger partial charge in [-0.25, -0.2) is 0 Å². The van der Waals surface area contributed by atoms with Crippen LogP contribution in [-0.2, 0) is 39.3 Å². The Morgan fingerprint density at radius 2 is 0.956 bits per heavy atom.